The Hall–Kier alpha value is -0.430. The number of halogens is 1. The highest BCUT2D eigenvalue weighted by Gasteiger charge is 2.34. The molecule has 5 heteroatoms. The summed E-state index contributed by atoms with van der Waals surface area (Å²) >= 11 is 2.22. The minimum atomic E-state index is -0.446. The molecule has 2 N–H and O–H groups in total. The molecule has 0 saturated carbocycles. The number of hydrogen-bond acceptors (Lipinski definition) is 4. The quantitative estimate of drug-likeness (QED) is 0.815. The van der Waals surface area contributed by atoms with Crippen molar-refractivity contribution in [3.05, 3.63) is 15.1 Å². The zero-order valence-corrected chi connectivity index (χ0v) is 14.8. The molecule has 0 spiro atoms. The first-order valence-electron chi connectivity index (χ1n) is 6.61. The van der Waals surface area contributed by atoms with Crippen LogP contribution < -0.4 is 5.73 Å². The molecule has 1 rings (SSSR count). The largest absolute Gasteiger partial charge is 0.383 e. The fourth-order valence-electron chi connectivity index (χ4n) is 2.11. The van der Waals surface area contributed by atoms with E-state index in [1.807, 2.05) is 0 Å². The van der Waals surface area contributed by atoms with Gasteiger partial charge in [0.25, 0.3) is 0 Å². The lowest BCUT2D eigenvalue weighted by Crippen LogP contribution is -2.32. The minimum Gasteiger partial charge on any atom is -0.383 e. The molecule has 0 radical (unpaired) electrons. The molecule has 1 aromatic heterocycles. The average Bonchev–Trinajstić information content (AvgIpc) is 2.34. The summed E-state index contributed by atoms with van der Waals surface area (Å²) in [4.78, 5) is 9.23. The second-order valence-electron chi connectivity index (χ2n) is 5.75. The van der Waals surface area contributed by atoms with Crippen molar-refractivity contribution in [2.75, 3.05) is 12.8 Å². The first-order chi connectivity index (χ1) is 8.71. The van der Waals surface area contributed by atoms with Gasteiger partial charge in [-0.15, -0.1) is 0 Å². The highest BCUT2D eigenvalue weighted by Crippen LogP contribution is 2.34. The van der Waals surface area contributed by atoms with Crippen molar-refractivity contribution in [2.45, 2.75) is 58.5 Å². The lowest BCUT2D eigenvalue weighted by Gasteiger charge is -2.30. The topological polar surface area (TPSA) is 61.0 Å². The van der Waals surface area contributed by atoms with Gasteiger partial charge in [0.2, 0.25) is 0 Å². The van der Waals surface area contributed by atoms with Gasteiger partial charge in [-0.25, -0.2) is 9.97 Å². The van der Waals surface area contributed by atoms with E-state index < -0.39 is 5.60 Å². The van der Waals surface area contributed by atoms with Crippen molar-refractivity contribution in [2.24, 2.45) is 0 Å². The number of anilines is 1. The molecule has 0 aliphatic carbocycles. The molecule has 0 unspecified atom stereocenters. The number of nitrogens with two attached hydrogens (primary N) is 1. The number of nitrogens with zero attached hydrogens (tertiary/aromatic N) is 2. The maximum absolute atomic E-state index is 6.06. The van der Waals surface area contributed by atoms with Gasteiger partial charge in [0, 0.05) is 12.5 Å². The third-order valence-electron chi connectivity index (χ3n) is 3.53. The zero-order chi connectivity index (χ0) is 14.8. The first-order valence-corrected chi connectivity index (χ1v) is 7.68. The highest BCUT2D eigenvalue weighted by molar-refractivity contribution is 14.1. The summed E-state index contributed by atoms with van der Waals surface area (Å²) in [5.41, 5.74) is 6.54. The Bertz CT molecular complexity index is 442. The first kappa shape index (κ1) is 16.6. The molecule has 0 fully saturated rings. The van der Waals surface area contributed by atoms with E-state index in [0.717, 1.165) is 22.1 Å². The maximum Gasteiger partial charge on any atom is 0.162 e. The summed E-state index contributed by atoms with van der Waals surface area (Å²) in [5, 5.41) is 0. The second-order valence-corrected chi connectivity index (χ2v) is 6.83. The SMILES string of the molecule is CCC(CC)(OC)c1nc(N)c(I)c(C(C)(C)C)n1. The lowest BCUT2D eigenvalue weighted by atomic mass is 9.90. The Labute approximate surface area is 129 Å². The van der Waals surface area contributed by atoms with Gasteiger partial charge in [0.15, 0.2) is 5.82 Å². The van der Waals surface area contributed by atoms with Gasteiger partial charge < -0.3 is 10.5 Å². The Morgan fingerprint density at radius 2 is 1.68 bits per heavy atom. The van der Waals surface area contributed by atoms with E-state index in [1.165, 1.54) is 0 Å². The van der Waals surface area contributed by atoms with Crippen molar-refractivity contribution >= 4 is 28.4 Å². The number of rotatable bonds is 4. The Balaban J connectivity index is 3.51. The van der Waals surface area contributed by atoms with Crippen LogP contribution in [0.15, 0.2) is 0 Å². The summed E-state index contributed by atoms with van der Waals surface area (Å²) in [6.07, 6.45) is 1.65. The van der Waals surface area contributed by atoms with E-state index in [9.17, 15) is 0 Å². The smallest absolute Gasteiger partial charge is 0.162 e. The number of methoxy groups -OCH3 is 1. The summed E-state index contributed by atoms with van der Waals surface area (Å²) in [5.74, 6) is 1.24. The van der Waals surface area contributed by atoms with Crippen LogP contribution in [0.5, 0.6) is 0 Å². The fourth-order valence-corrected chi connectivity index (χ4v) is 3.16. The van der Waals surface area contributed by atoms with E-state index in [-0.39, 0.29) is 5.41 Å². The van der Waals surface area contributed by atoms with Gasteiger partial charge in [-0.2, -0.15) is 0 Å². The molecule has 19 heavy (non-hydrogen) atoms. The highest BCUT2D eigenvalue weighted by atomic mass is 127. The second kappa shape index (κ2) is 5.91. The average molecular weight is 377 g/mol. The summed E-state index contributed by atoms with van der Waals surface area (Å²) < 4.78 is 6.64. The molecule has 1 aromatic rings. The zero-order valence-electron chi connectivity index (χ0n) is 12.7. The summed E-state index contributed by atoms with van der Waals surface area (Å²) in [6, 6.07) is 0. The van der Waals surface area contributed by atoms with Gasteiger partial charge in [0.05, 0.1) is 9.26 Å². The third-order valence-corrected chi connectivity index (χ3v) is 4.59. The molecular weight excluding hydrogens is 353 g/mol. The molecule has 1 heterocycles. The normalized spacial score (nSPS) is 12.8. The van der Waals surface area contributed by atoms with Crippen LogP contribution in [0.2, 0.25) is 0 Å². The van der Waals surface area contributed by atoms with Gasteiger partial charge in [0.1, 0.15) is 11.4 Å². The van der Waals surface area contributed by atoms with Crippen LogP contribution in [0.25, 0.3) is 0 Å². The van der Waals surface area contributed by atoms with Crippen molar-refractivity contribution in [3.63, 3.8) is 0 Å². The van der Waals surface area contributed by atoms with Crippen LogP contribution >= 0.6 is 22.6 Å². The van der Waals surface area contributed by atoms with Gasteiger partial charge in [-0.1, -0.05) is 34.6 Å². The van der Waals surface area contributed by atoms with Crippen LogP contribution in [0, 0.1) is 3.57 Å². The van der Waals surface area contributed by atoms with E-state index in [0.29, 0.717) is 11.6 Å². The minimum absolute atomic E-state index is 0.0662. The monoisotopic (exact) mass is 377 g/mol. The Morgan fingerprint density at radius 1 is 1.16 bits per heavy atom. The lowest BCUT2D eigenvalue weighted by molar-refractivity contribution is -0.0293. The van der Waals surface area contributed by atoms with E-state index in [2.05, 4.69) is 62.2 Å². The number of nitrogen functional groups attached to an aromatic ring is 1. The van der Waals surface area contributed by atoms with Crippen molar-refractivity contribution in [1.29, 1.82) is 0 Å². The maximum atomic E-state index is 6.06. The van der Waals surface area contributed by atoms with Crippen LogP contribution in [0.3, 0.4) is 0 Å². The molecule has 0 aromatic carbocycles. The molecule has 0 amide bonds. The molecule has 0 aliphatic rings. The van der Waals surface area contributed by atoms with Crippen LogP contribution in [0.4, 0.5) is 5.82 Å². The Morgan fingerprint density at radius 3 is 2.05 bits per heavy atom. The molecule has 4 nitrogen and oxygen atoms in total. The fraction of sp³-hybridized carbons (Fsp3) is 0.714. The molecule has 0 atom stereocenters. The standard InChI is InChI=1S/C14H24IN3O/c1-7-14(8-2,19-6)12-17-10(13(3,4)5)9(15)11(16)18-12/h7-8H2,1-6H3,(H2,16,17,18). The summed E-state index contributed by atoms with van der Waals surface area (Å²) in [6.45, 7) is 10.6. The number of ether oxygens (including phenoxy) is 1. The number of aromatic nitrogens is 2. The predicted molar refractivity (Wildman–Crippen MR) is 87.1 cm³/mol. The van der Waals surface area contributed by atoms with Crippen LogP contribution in [0.1, 0.15) is 59.0 Å². The predicted octanol–water partition coefficient (Wildman–Crippen LogP) is 3.62. The number of hydrogen-bond donors (Lipinski definition) is 1. The van der Waals surface area contributed by atoms with E-state index in [1.54, 1.807) is 7.11 Å². The molecular formula is C14H24IN3O. The Kier molecular flexibility index (Phi) is 5.17. The van der Waals surface area contributed by atoms with Crippen molar-refractivity contribution < 1.29 is 4.74 Å². The molecule has 108 valence electrons. The van der Waals surface area contributed by atoms with Gasteiger partial charge >= 0.3 is 0 Å². The van der Waals surface area contributed by atoms with E-state index in [4.69, 9.17) is 15.5 Å². The van der Waals surface area contributed by atoms with Crippen molar-refractivity contribution in [1.82, 2.24) is 9.97 Å². The molecule has 0 aliphatic heterocycles. The van der Waals surface area contributed by atoms with E-state index >= 15 is 0 Å². The van der Waals surface area contributed by atoms with Crippen molar-refractivity contribution in [3.8, 4) is 0 Å². The molecule has 0 bridgehead atoms. The third kappa shape index (κ3) is 3.18. The van der Waals surface area contributed by atoms with Crippen LogP contribution in [-0.4, -0.2) is 17.1 Å². The van der Waals surface area contributed by atoms with Gasteiger partial charge in [-0.3, -0.25) is 0 Å². The molecule has 0 saturated heterocycles. The van der Waals surface area contributed by atoms with Gasteiger partial charge in [-0.05, 0) is 35.4 Å². The summed E-state index contributed by atoms with van der Waals surface area (Å²) in [7, 11) is 1.71. The van der Waals surface area contributed by atoms with Crippen LogP contribution in [-0.2, 0) is 15.8 Å².